The molecule has 0 atom stereocenters. The molecule has 1 heterocycles. The van der Waals surface area contributed by atoms with Gasteiger partial charge in [-0.25, -0.2) is 0 Å². The van der Waals surface area contributed by atoms with Gasteiger partial charge in [0.1, 0.15) is 0 Å². The van der Waals surface area contributed by atoms with E-state index in [4.69, 9.17) is 0 Å². The molecule has 0 amide bonds. The van der Waals surface area contributed by atoms with Crippen molar-refractivity contribution in [2.24, 2.45) is 0 Å². The molecule has 0 saturated carbocycles. The first-order valence-corrected chi connectivity index (χ1v) is 5.27. The van der Waals surface area contributed by atoms with Crippen LogP contribution in [0.1, 0.15) is 31.9 Å². The second kappa shape index (κ2) is 6.41. The summed E-state index contributed by atoms with van der Waals surface area (Å²) in [6.45, 7) is 8.25. The molecule has 1 rings (SSSR count). The zero-order chi connectivity index (χ0) is 11.1. The average molecular weight is 194 g/mol. The zero-order valence-electron chi connectivity index (χ0n) is 10.3. The smallest absolute Gasteiger partial charge is 0.0454 e. The van der Waals surface area contributed by atoms with E-state index in [1.54, 1.807) is 0 Å². The minimum absolute atomic E-state index is 1.04. The molecule has 0 bridgehead atoms. The van der Waals surface area contributed by atoms with Crippen molar-refractivity contribution in [3.05, 3.63) is 23.5 Å². The van der Waals surface area contributed by atoms with Crippen molar-refractivity contribution < 1.29 is 0 Å². The van der Waals surface area contributed by atoms with E-state index in [-0.39, 0.29) is 0 Å². The van der Waals surface area contributed by atoms with Crippen LogP contribution < -0.4 is 4.90 Å². The van der Waals surface area contributed by atoms with Crippen molar-refractivity contribution in [1.29, 1.82) is 0 Å². The number of hydrogen-bond acceptors (Lipinski definition) is 2. The molecule has 0 aliphatic carbocycles. The Balaban J connectivity index is 0.000000791. The van der Waals surface area contributed by atoms with E-state index in [0.717, 1.165) is 6.42 Å². The van der Waals surface area contributed by atoms with E-state index >= 15 is 0 Å². The highest BCUT2D eigenvalue weighted by atomic mass is 15.1. The molecule has 0 aliphatic rings. The van der Waals surface area contributed by atoms with Crippen molar-refractivity contribution >= 4 is 5.69 Å². The largest absolute Gasteiger partial charge is 0.377 e. The van der Waals surface area contributed by atoms with Gasteiger partial charge in [-0.2, -0.15) is 0 Å². The van der Waals surface area contributed by atoms with Crippen LogP contribution >= 0.6 is 0 Å². The van der Waals surface area contributed by atoms with E-state index < -0.39 is 0 Å². The number of aryl methyl sites for hydroxylation is 2. The maximum absolute atomic E-state index is 4.17. The molecule has 0 aromatic carbocycles. The molecule has 1 aromatic heterocycles. The Labute approximate surface area is 88.0 Å². The van der Waals surface area contributed by atoms with Crippen molar-refractivity contribution in [2.75, 3.05) is 19.0 Å². The summed E-state index contributed by atoms with van der Waals surface area (Å²) < 4.78 is 0. The van der Waals surface area contributed by atoms with Gasteiger partial charge in [-0.1, -0.05) is 20.8 Å². The Morgan fingerprint density at radius 3 is 2.14 bits per heavy atom. The SMILES string of the molecule is CC.CCc1cncc(C)c1N(C)C. The monoisotopic (exact) mass is 194 g/mol. The molecular weight excluding hydrogens is 172 g/mol. The van der Waals surface area contributed by atoms with Crippen LogP contribution in [0.2, 0.25) is 0 Å². The van der Waals surface area contributed by atoms with E-state index in [2.05, 4.69) is 37.8 Å². The first-order valence-electron chi connectivity index (χ1n) is 5.27. The topological polar surface area (TPSA) is 16.1 Å². The van der Waals surface area contributed by atoms with Crippen LogP contribution in [0.5, 0.6) is 0 Å². The Bertz CT molecular complexity index is 267. The fraction of sp³-hybridized carbons (Fsp3) is 0.583. The van der Waals surface area contributed by atoms with Gasteiger partial charge in [0.2, 0.25) is 0 Å². The quantitative estimate of drug-likeness (QED) is 0.719. The molecule has 80 valence electrons. The molecule has 1 aromatic rings. The van der Waals surface area contributed by atoms with Gasteiger partial charge >= 0.3 is 0 Å². The summed E-state index contributed by atoms with van der Waals surface area (Å²) in [4.78, 5) is 6.32. The van der Waals surface area contributed by atoms with E-state index in [9.17, 15) is 0 Å². The third-order valence-electron chi connectivity index (χ3n) is 2.00. The molecule has 0 N–H and O–H groups in total. The second-order valence-electron chi connectivity index (χ2n) is 3.21. The molecule has 2 heteroatoms. The third-order valence-corrected chi connectivity index (χ3v) is 2.00. The van der Waals surface area contributed by atoms with Crippen LogP contribution in [0.4, 0.5) is 5.69 Å². The standard InChI is InChI=1S/C10H16N2.C2H6/c1-5-9-7-11-6-8(2)10(9)12(3)4;1-2/h6-7H,5H2,1-4H3;1-2H3. The van der Waals surface area contributed by atoms with Gasteiger partial charge in [-0.05, 0) is 24.5 Å². The first-order chi connectivity index (χ1) is 6.66. The maximum atomic E-state index is 4.17. The minimum Gasteiger partial charge on any atom is -0.377 e. The lowest BCUT2D eigenvalue weighted by atomic mass is 10.1. The maximum Gasteiger partial charge on any atom is 0.0454 e. The van der Waals surface area contributed by atoms with E-state index in [1.165, 1.54) is 16.8 Å². The lowest BCUT2D eigenvalue weighted by Gasteiger charge is -2.18. The van der Waals surface area contributed by atoms with Gasteiger partial charge in [-0.15, -0.1) is 0 Å². The highest BCUT2D eigenvalue weighted by Crippen LogP contribution is 2.21. The Hall–Kier alpha value is -1.05. The van der Waals surface area contributed by atoms with Gasteiger partial charge in [0.25, 0.3) is 0 Å². The van der Waals surface area contributed by atoms with Crippen molar-refractivity contribution in [2.45, 2.75) is 34.1 Å². The highest BCUT2D eigenvalue weighted by Gasteiger charge is 2.05. The van der Waals surface area contributed by atoms with Crippen molar-refractivity contribution in [1.82, 2.24) is 4.98 Å². The minimum atomic E-state index is 1.04. The molecule has 0 saturated heterocycles. The lowest BCUT2D eigenvalue weighted by Crippen LogP contribution is -2.13. The summed E-state index contributed by atoms with van der Waals surface area (Å²) in [6.07, 6.45) is 4.90. The van der Waals surface area contributed by atoms with Crippen LogP contribution in [0.3, 0.4) is 0 Å². The summed E-state index contributed by atoms with van der Waals surface area (Å²) in [7, 11) is 4.14. The molecule has 0 fully saturated rings. The summed E-state index contributed by atoms with van der Waals surface area (Å²) in [6, 6.07) is 0. The summed E-state index contributed by atoms with van der Waals surface area (Å²) >= 11 is 0. The van der Waals surface area contributed by atoms with Crippen LogP contribution in [0, 0.1) is 6.92 Å². The van der Waals surface area contributed by atoms with Gasteiger partial charge in [0, 0.05) is 32.2 Å². The summed E-state index contributed by atoms with van der Waals surface area (Å²) in [5, 5.41) is 0. The third kappa shape index (κ3) is 3.02. The average Bonchev–Trinajstić information content (AvgIpc) is 2.19. The number of hydrogen-bond donors (Lipinski definition) is 0. The Kier molecular flexibility index (Phi) is 5.93. The lowest BCUT2D eigenvalue weighted by molar-refractivity contribution is 1.02. The predicted octanol–water partition coefficient (Wildman–Crippen LogP) is 3.04. The number of pyridine rings is 1. The molecule has 0 unspecified atom stereocenters. The van der Waals surface area contributed by atoms with E-state index in [0.29, 0.717) is 0 Å². The second-order valence-corrected chi connectivity index (χ2v) is 3.21. The van der Waals surface area contributed by atoms with E-state index in [1.807, 2.05) is 26.2 Å². The normalized spacial score (nSPS) is 9.00. The fourth-order valence-corrected chi connectivity index (χ4v) is 1.51. The molecule has 0 aliphatic heterocycles. The molecule has 2 nitrogen and oxygen atoms in total. The van der Waals surface area contributed by atoms with Crippen LogP contribution in [0.25, 0.3) is 0 Å². The fourth-order valence-electron chi connectivity index (χ4n) is 1.51. The number of anilines is 1. The molecule has 0 radical (unpaired) electrons. The highest BCUT2D eigenvalue weighted by molar-refractivity contribution is 5.56. The zero-order valence-corrected chi connectivity index (χ0v) is 10.3. The van der Waals surface area contributed by atoms with Gasteiger partial charge in [0.15, 0.2) is 0 Å². The van der Waals surface area contributed by atoms with Crippen LogP contribution in [-0.4, -0.2) is 19.1 Å². The Morgan fingerprint density at radius 1 is 1.21 bits per heavy atom. The van der Waals surface area contributed by atoms with Gasteiger partial charge in [-0.3, -0.25) is 4.98 Å². The van der Waals surface area contributed by atoms with Crippen molar-refractivity contribution in [3.8, 4) is 0 Å². The van der Waals surface area contributed by atoms with Gasteiger partial charge < -0.3 is 4.90 Å². The summed E-state index contributed by atoms with van der Waals surface area (Å²) in [5.41, 5.74) is 3.88. The molecule has 14 heavy (non-hydrogen) atoms. The summed E-state index contributed by atoms with van der Waals surface area (Å²) in [5.74, 6) is 0. The number of nitrogens with zero attached hydrogens (tertiary/aromatic N) is 2. The molecule has 0 spiro atoms. The number of aromatic nitrogens is 1. The van der Waals surface area contributed by atoms with Crippen molar-refractivity contribution in [3.63, 3.8) is 0 Å². The Morgan fingerprint density at radius 2 is 1.79 bits per heavy atom. The predicted molar refractivity (Wildman–Crippen MR) is 64.0 cm³/mol. The number of rotatable bonds is 2. The van der Waals surface area contributed by atoms with Crippen LogP contribution in [0.15, 0.2) is 12.4 Å². The first kappa shape index (κ1) is 12.9. The molecular formula is C12H22N2. The van der Waals surface area contributed by atoms with Crippen LogP contribution in [-0.2, 0) is 6.42 Å². The van der Waals surface area contributed by atoms with Gasteiger partial charge in [0.05, 0.1) is 0 Å².